The van der Waals surface area contributed by atoms with Crippen LogP contribution in [0.4, 0.5) is 0 Å². The number of ketones is 1. The zero-order valence-electron chi connectivity index (χ0n) is 13.3. The molecule has 0 radical (unpaired) electrons. The maximum absolute atomic E-state index is 12.2. The van der Waals surface area contributed by atoms with Crippen LogP contribution in [0.2, 0.25) is 0 Å². The van der Waals surface area contributed by atoms with Crippen LogP contribution < -0.4 is 10.6 Å². The summed E-state index contributed by atoms with van der Waals surface area (Å²) in [6.45, 7) is 1.70. The second-order valence-electron chi connectivity index (χ2n) is 6.40. The van der Waals surface area contributed by atoms with Crippen LogP contribution in [0, 0.1) is 0 Å². The van der Waals surface area contributed by atoms with Gasteiger partial charge in [0.05, 0.1) is 24.3 Å². The third-order valence-corrected chi connectivity index (χ3v) is 4.93. The number of hydrogen-bond acceptors (Lipinski definition) is 9. The third kappa shape index (κ3) is 2.52. The molecule has 3 fully saturated rings. The van der Waals surface area contributed by atoms with Crippen LogP contribution in [0.5, 0.6) is 0 Å². The highest BCUT2D eigenvalue weighted by Gasteiger charge is 2.63. The number of aliphatic hydroxyl groups excluding tert-OH is 2. The predicted molar refractivity (Wildman–Crippen MR) is 76.4 cm³/mol. The van der Waals surface area contributed by atoms with Gasteiger partial charge in [-0.1, -0.05) is 0 Å². The topological polar surface area (TPSA) is 130 Å². The molecule has 2 saturated heterocycles. The van der Waals surface area contributed by atoms with Crippen molar-refractivity contribution in [3.63, 3.8) is 0 Å². The van der Waals surface area contributed by atoms with Gasteiger partial charge in [-0.15, -0.1) is 0 Å². The number of carbonyl (C=O) groups is 1. The molecular weight excluding hydrogens is 308 g/mol. The summed E-state index contributed by atoms with van der Waals surface area (Å²) in [4.78, 5) is 12.2. The molecule has 0 aromatic carbocycles. The number of likely N-dealkylation sites (N-methyl/N-ethyl adjacent to an activating group) is 2. The van der Waals surface area contributed by atoms with E-state index in [0.717, 1.165) is 0 Å². The molecule has 9 atom stereocenters. The molecule has 23 heavy (non-hydrogen) atoms. The van der Waals surface area contributed by atoms with Crippen LogP contribution in [-0.4, -0.2) is 89.9 Å². The zero-order valence-corrected chi connectivity index (χ0v) is 13.3. The number of rotatable bonds is 2. The SMILES string of the molecule is CN[C@@H]1[C@H](O)[C@H](NC)[C@@H]2O[C@]3(O)C(=O)C[C@H](C)O[C@@H]3O[C@H]2[C@H]1O. The van der Waals surface area contributed by atoms with E-state index in [1.807, 2.05) is 0 Å². The molecule has 132 valence electrons. The fourth-order valence-electron chi connectivity index (χ4n) is 3.68. The van der Waals surface area contributed by atoms with Crippen molar-refractivity contribution in [2.75, 3.05) is 14.1 Å². The van der Waals surface area contributed by atoms with Gasteiger partial charge in [-0.25, -0.2) is 0 Å². The first-order valence-electron chi connectivity index (χ1n) is 7.78. The van der Waals surface area contributed by atoms with Gasteiger partial charge >= 0.3 is 0 Å². The third-order valence-electron chi connectivity index (χ3n) is 4.93. The molecule has 3 rings (SSSR count). The Bertz CT molecular complexity index is 478. The monoisotopic (exact) mass is 332 g/mol. The Balaban J connectivity index is 1.92. The molecule has 9 nitrogen and oxygen atoms in total. The van der Waals surface area contributed by atoms with Gasteiger partial charge in [0.25, 0.3) is 5.79 Å². The quantitative estimate of drug-likeness (QED) is 0.361. The van der Waals surface area contributed by atoms with Gasteiger partial charge in [-0.2, -0.15) is 0 Å². The summed E-state index contributed by atoms with van der Waals surface area (Å²) in [6, 6.07) is -1.29. The molecule has 2 aliphatic heterocycles. The van der Waals surface area contributed by atoms with Gasteiger partial charge in [0.2, 0.25) is 6.29 Å². The molecule has 0 aromatic heterocycles. The minimum atomic E-state index is -2.23. The minimum Gasteiger partial charge on any atom is -0.390 e. The Labute approximate surface area is 133 Å². The van der Waals surface area contributed by atoms with E-state index in [4.69, 9.17) is 14.2 Å². The molecule has 0 aromatic rings. The Morgan fingerprint density at radius 2 is 1.74 bits per heavy atom. The van der Waals surface area contributed by atoms with E-state index in [1.165, 1.54) is 0 Å². The van der Waals surface area contributed by atoms with Gasteiger partial charge < -0.3 is 40.2 Å². The lowest BCUT2D eigenvalue weighted by Crippen LogP contribution is -2.77. The second-order valence-corrected chi connectivity index (χ2v) is 6.40. The Hall–Kier alpha value is -0.650. The highest BCUT2D eigenvalue weighted by Crippen LogP contribution is 2.40. The Morgan fingerprint density at radius 3 is 2.35 bits per heavy atom. The van der Waals surface area contributed by atoms with Gasteiger partial charge in [0, 0.05) is 6.42 Å². The lowest BCUT2D eigenvalue weighted by molar-refractivity contribution is -0.420. The van der Waals surface area contributed by atoms with Crippen molar-refractivity contribution in [2.45, 2.75) is 68.0 Å². The van der Waals surface area contributed by atoms with E-state index in [2.05, 4.69) is 10.6 Å². The lowest BCUT2D eigenvalue weighted by Gasteiger charge is -2.55. The van der Waals surface area contributed by atoms with Crippen molar-refractivity contribution < 1.29 is 34.3 Å². The van der Waals surface area contributed by atoms with Crippen LogP contribution in [0.25, 0.3) is 0 Å². The summed E-state index contributed by atoms with van der Waals surface area (Å²) < 4.78 is 16.8. The number of hydrogen-bond donors (Lipinski definition) is 5. The molecule has 3 aliphatic rings. The highest BCUT2D eigenvalue weighted by atomic mass is 16.8. The fraction of sp³-hybridized carbons (Fsp3) is 0.929. The summed E-state index contributed by atoms with van der Waals surface area (Å²) in [7, 11) is 3.24. The zero-order chi connectivity index (χ0) is 16.9. The molecular formula is C14H24N2O7. The van der Waals surface area contributed by atoms with Crippen molar-refractivity contribution in [2.24, 2.45) is 0 Å². The average Bonchev–Trinajstić information content (AvgIpc) is 2.49. The first kappa shape index (κ1) is 17.2. The van der Waals surface area contributed by atoms with Crippen molar-refractivity contribution in [3.8, 4) is 0 Å². The molecule has 9 heteroatoms. The summed E-state index contributed by atoms with van der Waals surface area (Å²) in [5.74, 6) is -2.76. The van der Waals surface area contributed by atoms with Gasteiger partial charge in [-0.3, -0.25) is 4.79 Å². The van der Waals surface area contributed by atoms with Crippen LogP contribution in [0.15, 0.2) is 0 Å². The van der Waals surface area contributed by atoms with Crippen LogP contribution in [0.1, 0.15) is 13.3 Å². The standard InChI is InChI=1S/C14H24N2O7/c1-5-4-6(17)14(20)13(21-5)22-12-10(19)7(15-2)9(18)8(16-3)11(12)23-14/h5,7-13,15-16,18-20H,4H2,1-3H3/t5-,7+,8-,9-,10-,11-,12-,13+,14+/m0/s1. The summed E-state index contributed by atoms with van der Waals surface area (Å²) in [5.41, 5.74) is 0. The molecule has 0 unspecified atom stereocenters. The molecule has 1 aliphatic carbocycles. The van der Waals surface area contributed by atoms with Crippen LogP contribution in [0.3, 0.4) is 0 Å². The lowest BCUT2D eigenvalue weighted by atomic mass is 9.80. The van der Waals surface area contributed by atoms with Crippen LogP contribution >= 0.6 is 0 Å². The predicted octanol–water partition coefficient (Wildman–Crippen LogP) is -2.93. The summed E-state index contributed by atoms with van der Waals surface area (Å²) >= 11 is 0. The largest absolute Gasteiger partial charge is 0.390 e. The van der Waals surface area contributed by atoms with Gasteiger partial charge in [0.15, 0.2) is 5.78 Å². The van der Waals surface area contributed by atoms with Gasteiger partial charge in [0.1, 0.15) is 18.3 Å². The molecule has 1 saturated carbocycles. The molecule has 0 amide bonds. The van der Waals surface area contributed by atoms with E-state index in [0.29, 0.717) is 0 Å². The fourth-order valence-corrected chi connectivity index (χ4v) is 3.68. The number of aliphatic hydroxyl groups is 3. The molecule has 2 heterocycles. The summed E-state index contributed by atoms with van der Waals surface area (Å²) in [5, 5.41) is 37.2. The van der Waals surface area contributed by atoms with Crippen molar-refractivity contribution >= 4 is 5.78 Å². The van der Waals surface area contributed by atoms with Crippen molar-refractivity contribution in [3.05, 3.63) is 0 Å². The molecule has 0 bridgehead atoms. The normalized spacial score (nSPS) is 53.6. The summed E-state index contributed by atoms with van der Waals surface area (Å²) in [6.07, 6.45) is -5.58. The van der Waals surface area contributed by atoms with E-state index < -0.39 is 60.5 Å². The number of nitrogens with one attached hydrogen (secondary N) is 2. The van der Waals surface area contributed by atoms with E-state index in [-0.39, 0.29) is 6.42 Å². The number of carbonyl (C=O) groups excluding carboxylic acids is 1. The Kier molecular flexibility index (Phi) is 4.49. The van der Waals surface area contributed by atoms with Gasteiger partial charge in [-0.05, 0) is 21.0 Å². The number of ether oxygens (including phenoxy) is 3. The second kappa shape index (κ2) is 6.01. The minimum absolute atomic E-state index is 0.00220. The number of Topliss-reactive ketones (excluding diaryl/α,β-unsaturated/α-hetero) is 1. The highest BCUT2D eigenvalue weighted by molar-refractivity contribution is 5.87. The maximum Gasteiger partial charge on any atom is 0.280 e. The average molecular weight is 332 g/mol. The number of fused-ring (bicyclic) bond motifs is 2. The van der Waals surface area contributed by atoms with Crippen molar-refractivity contribution in [1.82, 2.24) is 10.6 Å². The van der Waals surface area contributed by atoms with Crippen LogP contribution in [-0.2, 0) is 19.0 Å². The van der Waals surface area contributed by atoms with E-state index in [1.54, 1.807) is 21.0 Å². The first-order chi connectivity index (χ1) is 10.8. The molecule has 5 N–H and O–H groups in total. The van der Waals surface area contributed by atoms with E-state index in [9.17, 15) is 20.1 Å². The first-order valence-corrected chi connectivity index (χ1v) is 7.78. The smallest absolute Gasteiger partial charge is 0.280 e. The maximum atomic E-state index is 12.2. The van der Waals surface area contributed by atoms with Crippen molar-refractivity contribution in [1.29, 1.82) is 0 Å². The van der Waals surface area contributed by atoms with E-state index >= 15 is 0 Å². The Morgan fingerprint density at radius 1 is 1.09 bits per heavy atom. The molecule has 0 spiro atoms.